The topological polar surface area (TPSA) is 12.9 Å². The molecular formula is C9H12BrN. The Kier molecular flexibility index (Phi) is 3.06. The van der Waals surface area contributed by atoms with Crippen LogP contribution in [0.1, 0.15) is 24.1 Å². The molecule has 1 unspecified atom stereocenters. The Morgan fingerprint density at radius 3 is 2.73 bits per heavy atom. The second-order valence-electron chi connectivity index (χ2n) is 2.82. The highest BCUT2D eigenvalue weighted by atomic mass is 79.9. The predicted molar refractivity (Wildman–Crippen MR) is 51.2 cm³/mol. The molecule has 0 radical (unpaired) electrons. The molecule has 1 aromatic heterocycles. The number of aryl methyl sites for hydroxylation is 1. The van der Waals surface area contributed by atoms with Gasteiger partial charge in [-0.3, -0.25) is 4.98 Å². The smallest absolute Gasteiger partial charge is 0.0440 e. The lowest BCUT2D eigenvalue weighted by Crippen LogP contribution is -1.97. The lowest BCUT2D eigenvalue weighted by atomic mass is 10.1. The third-order valence-electron chi connectivity index (χ3n) is 1.67. The molecular weight excluding hydrogens is 202 g/mol. The van der Waals surface area contributed by atoms with Crippen molar-refractivity contribution in [2.45, 2.75) is 19.8 Å². The van der Waals surface area contributed by atoms with E-state index in [1.165, 1.54) is 5.56 Å². The van der Waals surface area contributed by atoms with E-state index in [0.717, 1.165) is 11.0 Å². The van der Waals surface area contributed by atoms with Crippen molar-refractivity contribution in [3.8, 4) is 0 Å². The van der Waals surface area contributed by atoms with Gasteiger partial charge in [0.1, 0.15) is 0 Å². The van der Waals surface area contributed by atoms with Gasteiger partial charge in [0, 0.05) is 23.1 Å². The summed E-state index contributed by atoms with van der Waals surface area (Å²) in [5, 5.41) is 0.975. The van der Waals surface area contributed by atoms with Gasteiger partial charge in [0.25, 0.3) is 0 Å². The minimum absolute atomic E-state index is 0.510. The number of hydrogen-bond donors (Lipinski definition) is 0. The van der Waals surface area contributed by atoms with Crippen molar-refractivity contribution in [1.82, 2.24) is 4.98 Å². The molecule has 0 aliphatic heterocycles. The van der Waals surface area contributed by atoms with E-state index in [4.69, 9.17) is 0 Å². The van der Waals surface area contributed by atoms with E-state index < -0.39 is 0 Å². The second kappa shape index (κ2) is 3.86. The van der Waals surface area contributed by atoms with Crippen LogP contribution in [0.25, 0.3) is 0 Å². The van der Waals surface area contributed by atoms with Gasteiger partial charge in [0.05, 0.1) is 0 Å². The standard InChI is InChI=1S/C9H12BrN/c1-7-3-4-9(11-6-7)8(2)5-10/h3-4,6,8H,5H2,1-2H3. The Morgan fingerprint density at radius 1 is 1.55 bits per heavy atom. The van der Waals surface area contributed by atoms with Crippen LogP contribution in [-0.4, -0.2) is 10.3 Å². The SMILES string of the molecule is Cc1ccc(C(C)CBr)nc1. The zero-order valence-electron chi connectivity index (χ0n) is 6.84. The fourth-order valence-corrected chi connectivity index (χ4v) is 1.18. The number of rotatable bonds is 2. The van der Waals surface area contributed by atoms with Gasteiger partial charge in [-0.05, 0) is 18.6 Å². The summed E-state index contributed by atoms with van der Waals surface area (Å²) in [6.45, 7) is 4.21. The zero-order chi connectivity index (χ0) is 8.27. The molecule has 60 valence electrons. The minimum Gasteiger partial charge on any atom is -0.261 e. The van der Waals surface area contributed by atoms with E-state index in [0.29, 0.717) is 5.92 Å². The van der Waals surface area contributed by atoms with Crippen LogP contribution < -0.4 is 0 Å². The molecule has 0 saturated carbocycles. The molecule has 1 aromatic rings. The first kappa shape index (κ1) is 8.72. The second-order valence-corrected chi connectivity index (χ2v) is 3.46. The lowest BCUT2D eigenvalue weighted by molar-refractivity contribution is 0.839. The monoisotopic (exact) mass is 213 g/mol. The normalized spacial score (nSPS) is 13.0. The highest BCUT2D eigenvalue weighted by Gasteiger charge is 2.02. The number of halogens is 1. The molecule has 1 atom stereocenters. The van der Waals surface area contributed by atoms with Gasteiger partial charge in [-0.25, -0.2) is 0 Å². The van der Waals surface area contributed by atoms with Crippen LogP contribution in [0.15, 0.2) is 18.3 Å². The number of pyridine rings is 1. The number of nitrogens with zero attached hydrogens (tertiary/aromatic N) is 1. The summed E-state index contributed by atoms with van der Waals surface area (Å²) in [4.78, 5) is 4.32. The average molecular weight is 214 g/mol. The Balaban J connectivity index is 2.81. The molecule has 1 heterocycles. The van der Waals surface area contributed by atoms with Crippen LogP contribution >= 0.6 is 15.9 Å². The molecule has 1 nitrogen and oxygen atoms in total. The molecule has 0 bridgehead atoms. The first-order chi connectivity index (χ1) is 5.24. The molecule has 1 rings (SSSR count). The summed E-state index contributed by atoms with van der Waals surface area (Å²) in [5.74, 6) is 0.510. The Morgan fingerprint density at radius 2 is 2.27 bits per heavy atom. The van der Waals surface area contributed by atoms with E-state index in [-0.39, 0.29) is 0 Å². The number of hydrogen-bond acceptors (Lipinski definition) is 1. The van der Waals surface area contributed by atoms with Crippen LogP contribution in [-0.2, 0) is 0 Å². The van der Waals surface area contributed by atoms with Gasteiger partial charge < -0.3 is 0 Å². The molecule has 0 spiro atoms. The summed E-state index contributed by atoms with van der Waals surface area (Å²) in [6, 6.07) is 4.18. The van der Waals surface area contributed by atoms with Gasteiger partial charge in [0.2, 0.25) is 0 Å². The number of alkyl halides is 1. The predicted octanol–water partition coefficient (Wildman–Crippen LogP) is 2.89. The molecule has 0 saturated heterocycles. The van der Waals surface area contributed by atoms with Crippen molar-refractivity contribution in [3.63, 3.8) is 0 Å². The quantitative estimate of drug-likeness (QED) is 0.689. The highest BCUT2D eigenvalue weighted by Crippen LogP contribution is 2.14. The zero-order valence-corrected chi connectivity index (χ0v) is 8.43. The van der Waals surface area contributed by atoms with Crippen LogP contribution in [0.4, 0.5) is 0 Å². The maximum atomic E-state index is 4.32. The summed E-state index contributed by atoms with van der Waals surface area (Å²) >= 11 is 3.43. The maximum absolute atomic E-state index is 4.32. The summed E-state index contributed by atoms with van der Waals surface area (Å²) < 4.78 is 0. The third kappa shape index (κ3) is 2.29. The Hall–Kier alpha value is -0.370. The van der Waals surface area contributed by atoms with E-state index in [1.54, 1.807) is 0 Å². The summed E-state index contributed by atoms with van der Waals surface area (Å²) in [5.41, 5.74) is 2.38. The van der Waals surface area contributed by atoms with Gasteiger partial charge in [0.15, 0.2) is 0 Å². The number of aromatic nitrogens is 1. The summed E-state index contributed by atoms with van der Waals surface area (Å²) in [7, 11) is 0. The molecule has 0 aliphatic rings. The minimum atomic E-state index is 0.510. The van der Waals surface area contributed by atoms with E-state index >= 15 is 0 Å². The van der Waals surface area contributed by atoms with Crippen molar-refractivity contribution in [1.29, 1.82) is 0 Å². The van der Waals surface area contributed by atoms with Crippen LogP contribution in [0.2, 0.25) is 0 Å². The fourth-order valence-electron chi connectivity index (χ4n) is 0.850. The molecule has 11 heavy (non-hydrogen) atoms. The van der Waals surface area contributed by atoms with Crippen LogP contribution in [0.5, 0.6) is 0 Å². The average Bonchev–Trinajstić information content (AvgIpc) is 2.05. The van der Waals surface area contributed by atoms with Gasteiger partial charge in [-0.2, -0.15) is 0 Å². The molecule has 0 amide bonds. The first-order valence-corrected chi connectivity index (χ1v) is 4.84. The molecule has 0 aliphatic carbocycles. The van der Waals surface area contributed by atoms with Crippen molar-refractivity contribution in [2.24, 2.45) is 0 Å². The maximum Gasteiger partial charge on any atom is 0.0440 e. The van der Waals surface area contributed by atoms with Gasteiger partial charge in [-0.15, -0.1) is 0 Å². The van der Waals surface area contributed by atoms with Crippen LogP contribution in [0, 0.1) is 6.92 Å². The van der Waals surface area contributed by atoms with Crippen molar-refractivity contribution in [2.75, 3.05) is 5.33 Å². The lowest BCUT2D eigenvalue weighted by Gasteiger charge is -2.05. The van der Waals surface area contributed by atoms with Crippen molar-refractivity contribution in [3.05, 3.63) is 29.6 Å². The van der Waals surface area contributed by atoms with Crippen molar-refractivity contribution >= 4 is 15.9 Å². The highest BCUT2D eigenvalue weighted by molar-refractivity contribution is 9.09. The Labute approximate surface area is 76.0 Å². The van der Waals surface area contributed by atoms with Gasteiger partial charge >= 0.3 is 0 Å². The van der Waals surface area contributed by atoms with Gasteiger partial charge in [-0.1, -0.05) is 28.9 Å². The molecule has 0 fully saturated rings. The Bertz CT molecular complexity index is 218. The van der Waals surface area contributed by atoms with Crippen LogP contribution in [0.3, 0.4) is 0 Å². The molecule has 0 aromatic carbocycles. The van der Waals surface area contributed by atoms with Crippen molar-refractivity contribution < 1.29 is 0 Å². The largest absolute Gasteiger partial charge is 0.261 e. The van der Waals surface area contributed by atoms with E-state index in [2.05, 4.69) is 46.9 Å². The summed E-state index contributed by atoms with van der Waals surface area (Å²) in [6.07, 6.45) is 1.91. The first-order valence-electron chi connectivity index (χ1n) is 3.72. The molecule has 0 N–H and O–H groups in total. The van der Waals surface area contributed by atoms with E-state index in [9.17, 15) is 0 Å². The third-order valence-corrected chi connectivity index (χ3v) is 2.64. The van der Waals surface area contributed by atoms with E-state index in [1.807, 2.05) is 6.20 Å². The molecule has 2 heteroatoms. The fraction of sp³-hybridized carbons (Fsp3) is 0.444.